The second-order valence-corrected chi connectivity index (χ2v) is 22.8. The SMILES string of the molecule is C.C.CCOC(=O)[C@H](C)OP(=O)(CCN)Oc1ccccc1.CCOC(=O)[C@H](C)OP(=O)(CCNC(=O)c1ccc(N(C)Cc2cnc3nc(N)nc(N)c3n2)cc1)Oc1ccccc1.CN(Cc1cnc2nc(N)nc(N)c2n1)c1ccc(C(=O)O)cc1. The van der Waals surface area contributed by atoms with Crippen molar-refractivity contribution in [1.29, 1.82) is 0 Å². The van der Waals surface area contributed by atoms with E-state index < -0.39 is 45.3 Å². The van der Waals surface area contributed by atoms with Crippen molar-refractivity contribution in [3.8, 4) is 11.5 Å². The van der Waals surface area contributed by atoms with Gasteiger partial charge in [0.1, 0.15) is 11.5 Å². The Labute approximate surface area is 515 Å². The van der Waals surface area contributed by atoms with Gasteiger partial charge in [-0.1, -0.05) is 51.3 Å². The summed E-state index contributed by atoms with van der Waals surface area (Å²) in [7, 11) is -3.62. The summed E-state index contributed by atoms with van der Waals surface area (Å²) in [4.78, 5) is 84.4. The minimum atomic E-state index is -3.85. The number of carbonyl (C=O) groups is 4. The molecule has 0 aliphatic carbocycles. The van der Waals surface area contributed by atoms with E-state index >= 15 is 0 Å². The second-order valence-electron chi connectivity index (χ2n) is 18.6. The van der Waals surface area contributed by atoms with Crippen LogP contribution in [0.15, 0.2) is 122 Å². The Kier molecular flexibility index (Phi) is 27.5. The summed E-state index contributed by atoms with van der Waals surface area (Å²) in [5.74, 6) is -1.46. The lowest BCUT2D eigenvalue weighted by Crippen LogP contribution is -2.29. The topological polar surface area (TPSA) is 430 Å². The number of carbonyl (C=O) groups excluding carboxylic acids is 3. The van der Waals surface area contributed by atoms with Gasteiger partial charge in [0.2, 0.25) is 11.9 Å². The average Bonchev–Trinajstić information content (AvgIpc) is 3.69. The van der Waals surface area contributed by atoms with Crippen LogP contribution in [-0.4, -0.2) is 134 Å². The van der Waals surface area contributed by atoms with Crippen molar-refractivity contribution >= 4 is 96.2 Å². The minimum absolute atomic E-state index is 0. The molecule has 4 atom stereocenters. The van der Waals surface area contributed by atoms with Crippen molar-refractivity contribution < 1.29 is 61.0 Å². The molecule has 4 heterocycles. The number of benzene rings is 4. The maximum Gasteiger partial charge on any atom is 0.381 e. The first-order valence-electron chi connectivity index (χ1n) is 26.8. The number of nitrogens with two attached hydrogens (primary N) is 5. The van der Waals surface area contributed by atoms with Gasteiger partial charge in [0, 0.05) is 44.1 Å². The number of esters is 2. The molecule has 0 spiro atoms. The molecule has 0 aliphatic heterocycles. The monoisotopic (exact) mass is 1270 g/mol. The molecule has 8 aromatic rings. The van der Waals surface area contributed by atoms with E-state index in [1.807, 2.05) is 30.0 Å². The zero-order valence-electron chi connectivity index (χ0n) is 48.5. The predicted molar refractivity (Wildman–Crippen MR) is 340 cm³/mol. The zero-order valence-corrected chi connectivity index (χ0v) is 50.2. The molecule has 1 amide bonds. The lowest BCUT2D eigenvalue weighted by molar-refractivity contribution is -0.151. The van der Waals surface area contributed by atoms with E-state index in [-0.39, 0.29) is 88.5 Å². The number of hydrogen-bond acceptors (Lipinski definition) is 27. The molecule has 2 unspecified atom stereocenters. The van der Waals surface area contributed by atoms with E-state index in [9.17, 15) is 28.3 Å². The highest BCUT2D eigenvalue weighted by molar-refractivity contribution is 7.54. The highest BCUT2D eigenvalue weighted by Gasteiger charge is 2.33. The Morgan fingerprint density at radius 2 is 0.966 bits per heavy atom. The van der Waals surface area contributed by atoms with Crippen LogP contribution in [0.2, 0.25) is 0 Å². The molecular weight excluding hydrogens is 1190 g/mol. The Hall–Kier alpha value is -9.66. The van der Waals surface area contributed by atoms with Gasteiger partial charge in [-0.05, 0) is 100 Å². The van der Waals surface area contributed by atoms with E-state index in [4.69, 9.17) is 61.3 Å². The van der Waals surface area contributed by atoms with Gasteiger partial charge in [0.15, 0.2) is 46.2 Å². The fraction of sp³-hybridized carbons (Fsp3) is 0.310. The molecule has 4 aromatic heterocycles. The summed E-state index contributed by atoms with van der Waals surface area (Å²) in [5, 5.41) is 11.7. The second kappa shape index (κ2) is 34.0. The molecule has 31 heteroatoms. The molecule has 0 fully saturated rings. The Morgan fingerprint density at radius 1 is 0.573 bits per heavy atom. The number of anilines is 6. The first kappa shape index (κ1) is 71.8. The number of carboxylic acid groups (broad SMARTS) is 1. The van der Waals surface area contributed by atoms with E-state index in [2.05, 4.69) is 45.2 Å². The maximum absolute atomic E-state index is 13.6. The molecule has 0 radical (unpaired) electrons. The van der Waals surface area contributed by atoms with Crippen LogP contribution in [0.1, 0.15) is 74.7 Å². The van der Waals surface area contributed by atoms with E-state index in [0.29, 0.717) is 63.9 Å². The third-order valence-electron chi connectivity index (χ3n) is 11.8. The van der Waals surface area contributed by atoms with Crippen LogP contribution in [0.5, 0.6) is 11.5 Å². The average molecular weight is 1270 g/mol. The van der Waals surface area contributed by atoms with Crippen LogP contribution < -0.4 is 52.8 Å². The number of nitrogens with one attached hydrogen (secondary N) is 1. The number of nitrogens with zero attached hydrogens (tertiary/aromatic N) is 10. The number of rotatable bonds is 25. The minimum Gasteiger partial charge on any atom is -0.478 e. The highest BCUT2D eigenvalue weighted by atomic mass is 31.2. The Balaban J connectivity index is 0.000000311. The van der Waals surface area contributed by atoms with Crippen LogP contribution in [0.3, 0.4) is 0 Å². The van der Waals surface area contributed by atoms with E-state index in [0.717, 1.165) is 11.4 Å². The first-order valence-corrected chi connectivity index (χ1v) is 30.3. The molecule has 89 heavy (non-hydrogen) atoms. The van der Waals surface area contributed by atoms with Crippen molar-refractivity contribution in [2.24, 2.45) is 5.73 Å². The molecule has 12 N–H and O–H groups in total. The lowest BCUT2D eigenvalue weighted by atomic mass is 10.2. The van der Waals surface area contributed by atoms with Gasteiger partial charge < -0.3 is 67.4 Å². The molecule has 8 rings (SSSR count). The van der Waals surface area contributed by atoms with Crippen molar-refractivity contribution in [2.45, 2.75) is 67.8 Å². The normalized spacial score (nSPS) is 12.6. The first-order chi connectivity index (χ1) is 41.5. The summed E-state index contributed by atoms with van der Waals surface area (Å²) in [6.45, 7) is 7.58. The summed E-state index contributed by atoms with van der Waals surface area (Å²) in [5.41, 5.74) is 33.3. The molecule has 476 valence electrons. The summed E-state index contributed by atoms with van der Waals surface area (Å²) >= 11 is 0. The fourth-order valence-corrected chi connectivity index (χ4v) is 10.9. The molecule has 29 nitrogen and oxygen atoms in total. The van der Waals surface area contributed by atoms with Crippen LogP contribution in [0.25, 0.3) is 22.3 Å². The number of aromatic carboxylic acids is 1. The third kappa shape index (κ3) is 21.6. The quantitative estimate of drug-likeness (QED) is 0.0214. The number of carboxylic acids is 1. The molecule has 0 aliphatic rings. The summed E-state index contributed by atoms with van der Waals surface area (Å²) in [6.07, 6.45) is 0.926. The number of ether oxygens (including phenoxy) is 2. The van der Waals surface area contributed by atoms with Crippen LogP contribution in [-0.2, 0) is 50.3 Å². The molecule has 0 saturated carbocycles. The van der Waals surface area contributed by atoms with Gasteiger partial charge in [0.25, 0.3) is 5.91 Å². The molecule has 0 bridgehead atoms. The molecule has 4 aromatic carbocycles. The van der Waals surface area contributed by atoms with Crippen molar-refractivity contribution in [3.05, 3.63) is 144 Å². The number of amides is 1. The van der Waals surface area contributed by atoms with Crippen molar-refractivity contribution in [3.63, 3.8) is 0 Å². The summed E-state index contributed by atoms with van der Waals surface area (Å²) in [6, 6.07) is 30.5. The van der Waals surface area contributed by atoms with Crippen LogP contribution in [0, 0.1) is 0 Å². The van der Waals surface area contributed by atoms with Crippen molar-refractivity contribution in [2.75, 3.05) is 85.5 Å². The predicted octanol–water partition coefficient (Wildman–Crippen LogP) is 7.57. The number of aromatic nitrogens is 8. The maximum atomic E-state index is 13.6. The third-order valence-corrected chi connectivity index (χ3v) is 15.7. The van der Waals surface area contributed by atoms with Gasteiger partial charge in [0.05, 0.1) is 68.0 Å². The van der Waals surface area contributed by atoms with Crippen LogP contribution in [0.4, 0.5) is 34.9 Å². The Bertz CT molecular complexity index is 3720. The Morgan fingerprint density at radius 3 is 1.35 bits per heavy atom. The van der Waals surface area contributed by atoms with E-state index in [1.54, 1.807) is 129 Å². The fourth-order valence-electron chi connectivity index (χ4n) is 7.69. The van der Waals surface area contributed by atoms with Gasteiger partial charge in [-0.3, -0.25) is 13.8 Å². The molecular formula is C58H76N16O13P2. The largest absolute Gasteiger partial charge is 0.478 e. The molecule has 0 saturated heterocycles. The standard InChI is InChI=1S/C28H33N8O6P.C15H15N7O2.C13H20NO5P.2CH4/c1-4-40-27(38)18(2)41-43(39,42-22-8-6-5-7-9-22)15-14-31-26(37)19-10-12-21(13-11-19)36(3)17-20-16-32-25-23(33-20)24(29)34-28(30)35-25;1-22(10-4-2-8(3-5-10)14(23)24)7-9-6-18-13-11(19-9)12(16)20-15(17)21-13;1-3-17-13(15)11(2)18-20(16,10-9-14)19-12-7-5-4-6-8-12;;/h5-13,16,18H,4,14-15,17H2,1-3H3,(H,31,37)(H4,29,30,32,34,35);2-6H,7H2,1H3,(H,23,24)(H4,16,17,18,20,21);4-8,11H,3,9-10,14H2,1-2H3;2*1H4/t18-,43?;;11-,20?;;/m0.0../s1. The van der Waals surface area contributed by atoms with Crippen LogP contribution >= 0.6 is 15.2 Å². The highest BCUT2D eigenvalue weighted by Crippen LogP contribution is 2.50. The summed E-state index contributed by atoms with van der Waals surface area (Å²) < 4.78 is 57.7. The number of fused-ring (bicyclic) bond motifs is 2. The van der Waals surface area contributed by atoms with Gasteiger partial charge in [-0.2, -0.15) is 19.9 Å². The van der Waals surface area contributed by atoms with Gasteiger partial charge >= 0.3 is 33.1 Å². The smallest absolute Gasteiger partial charge is 0.381 e. The van der Waals surface area contributed by atoms with E-state index in [1.165, 1.54) is 13.8 Å². The van der Waals surface area contributed by atoms with Gasteiger partial charge in [-0.25, -0.2) is 43.4 Å². The lowest BCUT2D eigenvalue weighted by Gasteiger charge is -2.22. The number of para-hydroxylation sites is 2. The van der Waals surface area contributed by atoms with Crippen molar-refractivity contribution in [1.82, 2.24) is 45.2 Å². The number of hydrogen-bond donors (Lipinski definition) is 7. The van der Waals surface area contributed by atoms with Gasteiger partial charge in [-0.15, -0.1) is 0 Å². The number of nitrogen functional groups attached to an aromatic ring is 4. The zero-order chi connectivity index (χ0) is 63.3.